The highest BCUT2D eigenvalue weighted by atomic mass is 16.5. The van der Waals surface area contributed by atoms with E-state index in [1.54, 1.807) is 13.2 Å². The summed E-state index contributed by atoms with van der Waals surface area (Å²) in [5.41, 5.74) is 1.96. The Morgan fingerprint density at radius 1 is 1.33 bits per heavy atom. The molecular weight excluding hydrogens is 228 g/mol. The van der Waals surface area contributed by atoms with Crippen molar-refractivity contribution in [3.8, 4) is 0 Å². The van der Waals surface area contributed by atoms with Gasteiger partial charge in [-0.3, -0.25) is 4.79 Å². The van der Waals surface area contributed by atoms with Crippen molar-refractivity contribution in [2.75, 3.05) is 20.3 Å². The second-order valence-corrected chi connectivity index (χ2v) is 4.33. The molecule has 0 spiro atoms. The second-order valence-electron chi connectivity index (χ2n) is 4.33. The number of hydrogen-bond donors (Lipinski definition) is 2. The molecule has 3 N–H and O–H groups in total. The Kier molecular flexibility index (Phi) is 4.50. The van der Waals surface area contributed by atoms with Crippen LogP contribution in [0.1, 0.15) is 12.0 Å². The number of aromatic amines is 1. The number of methoxy groups -OCH3 is 1. The van der Waals surface area contributed by atoms with E-state index in [0.29, 0.717) is 0 Å². The van der Waals surface area contributed by atoms with Crippen molar-refractivity contribution >= 4 is 10.9 Å². The van der Waals surface area contributed by atoms with E-state index in [1.165, 1.54) is 0 Å². The summed E-state index contributed by atoms with van der Waals surface area (Å²) >= 11 is 0. The second kappa shape index (κ2) is 6.33. The van der Waals surface area contributed by atoms with Crippen LogP contribution in [0.25, 0.3) is 10.9 Å². The number of quaternary nitrogens is 1. The van der Waals surface area contributed by atoms with Gasteiger partial charge < -0.3 is 15.0 Å². The Morgan fingerprint density at radius 2 is 2.17 bits per heavy atom. The van der Waals surface area contributed by atoms with E-state index in [4.69, 9.17) is 4.74 Å². The lowest BCUT2D eigenvalue weighted by molar-refractivity contribution is -0.670. The average molecular weight is 247 g/mol. The highest BCUT2D eigenvalue weighted by Gasteiger charge is 2.04. The Labute approximate surface area is 106 Å². The summed E-state index contributed by atoms with van der Waals surface area (Å²) in [6.07, 6.45) is 1.03. The van der Waals surface area contributed by atoms with Gasteiger partial charge in [-0.15, -0.1) is 0 Å². The molecule has 4 heteroatoms. The van der Waals surface area contributed by atoms with Gasteiger partial charge in [0.15, 0.2) is 0 Å². The van der Waals surface area contributed by atoms with Gasteiger partial charge in [-0.25, -0.2) is 0 Å². The molecular formula is C14H19N2O2+. The van der Waals surface area contributed by atoms with Crippen molar-refractivity contribution in [1.29, 1.82) is 0 Å². The first-order chi connectivity index (χ1) is 8.81. The molecule has 0 atom stereocenters. The Balaban J connectivity index is 2.10. The minimum Gasteiger partial charge on any atom is -0.384 e. The highest BCUT2D eigenvalue weighted by Crippen LogP contribution is 2.13. The summed E-state index contributed by atoms with van der Waals surface area (Å²) in [5, 5.41) is 3.33. The van der Waals surface area contributed by atoms with Crippen LogP contribution in [0.2, 0.25) is 0 Å². The standard InChI is InChI=1S/C14H18N2O2/c1-18-8-4-7-15-10-11-9-14(17)16-13-6-3-2-5-12(11)13/h2-3,5-6,9,15H,4,7-8,10H2,1H3,(H,16,17)/p+1. The van der Waals surface area contributed by atoms with E-state index in [2.05, 4.69) is 10.3 Å². The fraction of sp³-hybridized carbons (Fsp3) is 0.357. The van der Waals surface area contributed by atoms with Crippen LogP contribution < -0.4 is 10.9 Å². The molecule has 0 bridgehead atoms. The van der Waals surface area contributed by atoms with Crippen molar-refractivity contribution in [3.63, 3.8) is 0 Å². The summed E-state index contributed by atoms with van der Waals surface area (Å²) in [5.74, 6) is 0. The van der Waals surface area contributed by atoms with Gasteiger partial charge >= 0.3 is 0 Å². The summed E-state index contributed by atoms with van der Waals surface area (Å²) in [4.78, 5) is 14.4. The number of para-hydroxylation sites is 1. The molecule has 0 saturated heterocycles. The number of ether oxygens (including phenoxy) is 1. The molecule has 0 unspecified atom stereocenters. The molecule has 2 rings (SSSR count). The van der Waals surface area contributed by atoms with Gasteiger partial charge in [0.2, 0.25) is 5.56 Å². The van der Waals surface area contributed by atoms with Crippen LogP contribution in [0.15, 0.2) is 35.1 Å². The molecule has 0 aliphatic heterocycles. The normalized spacial score (nSPS) is 10.9. The first kappa shape index (κ1) is 12.8. The maximum Gasteiger partial charge on any atom is 0.248 e. The van der Waals surface area contributed by atoms with Gasteiger partial charge in [-0.05, 0) is 6.07 Å². The smallest absolute Gasteiger partial charge is 0.248 e. The molecule has 1 aromatic heterocycles. The van der Waals surface area contributed by atoms with E-state index >= 15 is 0 Å². The number of nitrogens with one attached hydrogen (secondary N) is 1. The van der Waals surface area contributed by atoms with Gasteiger partial charge in [0.25, 0.3) is 0 Å². The van der Waals surface area contributed by atoms with Gasteiger partial charge in [-0.2, -0.15) is 0 Å². The third-order valence-corrected chi connectivity index (χ3v) is 2.96. The van der Waals surface area contributed by atoms with Crippen LogP contribution in [-0.4, -0.2) is 25.2 Å². The summed E-state index contributed by atoms with van der Waals surface area (Å²) < 4.78 is 5.01. The molecule has 0 saturated carbocycles. The van der Waals surface area contributed by atoms with Crippen molar-refractivity contribution in [3.05, 3.63) is 46.2 Å². The molecule has 0 amide bonds. The molecule has 0 fully saturated rings. The minimum absolute atomic E-state index is 0.0333. The fourth-order valence-corrected chi connectivity index (χ4v) is 2.08. The van der Waals surface area contributed by atoms with Crippen LogP contribution in [0.4, 0.5) is 0 Å². The van der Waals surface area contributed by atoms with Gasteiger partial charge in [0.05, 0.1) is 13.2 Å². The van der Waals surface area contributed by atoms with Crippen molar-refractivity contribution < 1.29 is 10.1 Å². The number of aromatic nitrogens is 1. The molecule has 18 heavy (non-hydrogen) atoms. The van der Waals surface area contributed by atoms with Crippen LogP contribution in [-0.2, 0) is 11.3 Å². The molecule has 0 aliphatic carbocycles. The average Bonchev–Trinajstić information content (AvgIpc) is 2.38. The molecule has 96 valence electrons. The number of H-pyrrole nitrogens is 1. The van der Waals surface area contributed by atoms with Gasteiger partial charge in [0, 0.05) is 36.1 Å². The Hall–Kier alpha value is -1.65. The molecule has 1 aromatic carbocycles. The van der Waals surface area contributed by atoms with E-state index in [1.807, 2.05) is 24.3 Å². The lowest BCUT2D eigenvalue weighted by atomic mass is 10.1. The zero-order chi connectivity index (χ0) is 12.8. The lowest BCUT2D eigenvalue weighted by Gasteiger charge is -2.05. The quantitative estimate of drug-likeness (QED) is 0.736. The van der Waals surface area contributed by atoms with Crippen LogP contribution in [0.5, 0.6) is 0 Å². The number of fused-ring (bicyclic) bond motifs is 1. The minimum atomic E-state index is -0.0333. The Morgan fingerprint density at radius 3 is 3.00 bits per heavy atom. The SMILES string of the molecule is COCCC[NH2+]Cc1cc(=O)[nH]c2ccccc12. The largest absolute Gasteiger partial charge is 0.384 e. The number of rotatable bonds is 6. The molecule has 4 nitrogen and oxygen atoms in total. The lowest BCUT2D eigenvalue weighted by Crippen LogP contribution is -2.82. The predicted octanol–water partition coefficient (Wildman–Crippen LogP) is 0.628. The van der Waals surface area contributed by atoms with Crippen LogP contribution in [0.3, 0.4) is 0 Å². The van der Waals surface area contributed by atoms with Crippen molar-refractivity contribution in [1.82, 2.24) is 4.98 Å². The summed E-state index contributed by atoms with van der Waals surface area (Å²) in [6, 6.07) is 9.60. The van der Waals surface area contributed by atoms with E-state index in [-0.39, 0.29) is 5.56 Å². The number of pyridine rings is 1. The topological polar surface area (TPSA) is 58.7 Å². The van der Waals surface area contributed by atoms with E-state index in [0.717, 1.165) is 42.6 Å². The van der Waals surface area contributed by atoms with Crippen LogP contribution >= 0.6 is 0 Å². The monoisotopic (exact) mass is 247 g/mol. The third kappa shape index (κ3) is 3.18. The number of benzene rings is 1. The van der Waals surface area contributed by atoms with Crippen LogP contribution in [0, 0.1) is 0 Å². The zero-order valence-electron chi connectivity index (χ0n) is 10.6. The zero-order valence-corrected chi connectivity index (χ0v) is 10.6. The molecule has 0 radical (unpaired) electrons. The summed E-state index contributed by atoms with van der Waals surface area (Å²) in [7, 11) is 1.71. The maximum atomic E-state index is 11.6. The number of hydrogen-bond acceptors (Lipinski definition) is 2. The molecule has 2 aromatic rings. The summed E-state index contributed by atoms with van der Waals surface area (Å²) in [6.45, 7) is 2.62. The predicted molar refractivity (Wildman–Crippen MR) is 71.6 cm³/mol. The van der Waals surface area contributed by atoms with Gasteiger partial charge in [0.1, 0.15) is 6.54 Å². The third-order valence-electron chi connectivity index (χ3n) is 2.96. The number of nitrogens with two attached hydrogens (primary N) is 1. The molecule has 0 aliphatic rings. The van der Waals surface area contributed by atoms with Gasteiger partial charge in [-0.1, -0.05) is 18.2 Å². The fourth-order valence-electron chi connectivity index (χ4n) is 2.08. The highest BCUT2D eigenvalue weighted by molar-refractivity contribution is 5.81. The first-order valence-corrected chi connectivity index (χ1v) is 6.23. The van der Waals surface area contributed by atoms with E-state index in [9.17, 15) is 4.79 Å². The van der Waals surface area contributed by atoms with Crippen molar-refractivity contribution in [2.45, 2.75) is 13.0 Å². The Bertz CT molecular complexity index is 563. The maximum absolute atomic E-state index is 11.6. The molecule has 1 heterocycles. The van der Waals surface area contributed by atoms with E-state index < -0.39 is 0 Å². The first-order valence-electron chi connectivity index (χ1n) is 6.23. The van der Waals surface area contributed by atoms with Crippen molar-refractivity contribution in [2.24, 2.45) is 0 Å².